The van der Waals surface area contributed by atoms with Crippen LogP contribution in [0.2, 0.25) is 0 Å². The van der Waals surface area contributed by atoms with E-state index in [0.717, 1.165) is 36.9 Å². The Kier molecular flexibility index (Phi) is 5.75. The lowest BCUT2D eigenvalue weighted by Gasteiger charge is -2.20. The third kappa shape index (κ3) is 4.86. The Balaban J connectivity index is 1.93. The van der Waals surface area contributed by atoms with E-state index in [0.29, 0.717) is 12.5 Å². The van der Waals surface area contributed by atoms with Crippen molar-refractivity contribution in [2.75, 3.05) is 18.0 Å². The second-order valence-electron chi connectivity index (χ2n) is 5.50. The van der Waals surface area contributed by atoms with Crippen LogP contribution in [-0.4, -0.2) is 23.3 Å². The summed E-state index contributed by atoms with van der Waals surface area (Å²) in [5, 5.41) is 12.0. The molecule has 0 amide bonds. The minimum Gasteiger partial charge on any atom is -0.467 e. The minimum absolute atomic E-state index is 0.640. The van der Waals surface area contributed by atoms with Crippen LogP contribution in [0.25, 0.3) is 0 Å². The Morgan fingerprint density at radius 2 is 2.10 bits per heavy atom. The Bertz CT molecular complexity index is 508. The first-order valence-corrected chi connectivity index (χ1v) is 7.49. The fraction of sp³-hybridized carbons (Fsp3) is 0.500. The van der Waals surface area contributed by atoms with Gasteiger partial charge >= 0.3 is 0 Å². The van der Waals surface area contributed by atoms with E-state index in [9.17, 15) is 0 Å². The van der Waals surface area contributed by atoms with Gasteiger partial charge in [-0.3, -0.25) is 0 Å². The van der Waals surface area contributed by atoms with Crippen molar-refractivity contribution in [3.8, 4) is 0 Å². The van der Waals surface area contributed by atoms with Crippen LogP contribution in [0.4, 0.5) is 5.82 Å². The van der Waals surface area contributed by atoms with E-state index in [1.54, 1.807) is 6.26 Å². The maximum absolute atomic E-state index is 5.39. The van der Waals surface area contributed by atoms with Gasteiger partial charge < -0.3 is 14.6 Å². The van der Waals surface area contributed by atoms with Crippen molar-refractivity contribution in [3.05, 3.63) is 42.0 Å². The first kappa shape index (κ1) is 15.5. The molecule has 21 heavy (non-hydrogen) atoms. The predicted molar refractivity (Wildman–Crippen MR) is 84.0 cm³/mol. The molecule has 0 atom stereocenters. The van der Waals surface area contributed by atoms with Gasteiger partial charge in [0.1, 0.15) is 5.76 Å². The van der Waals surface area contributed by atoms with Gasteiger partial charge in [-0.05, 0) is 43.7 Å². The van der Waals surface area contributed by atoms with Crippen LogP contribution in [0.15, 0.2) is 34.9 Å². The van der Waals surface area contributed by atoms with Gasteiger partial charge in [-0.1, -0.05) is 13.8 Å². The highest BCUT2D eigenvalue weighted by Crippen LogP contribution is 2.14. The Hall–Kier alpha value is -1.88. The molecule has 0 aliphatic carbocycles. The van der Waals surface area contributed by atoms with Crippen molar-refractivity contribution in [1.29, 1.82) is 0 Å². The number of nitrogens with one attached hydrogen (secondary N) is 1. The Morgan fingerprint density at radius 1 is 1.24 bits per heavy atom. The van der Waals surface area contributed by atoms with Crippen LogP contribution < -0.4 is 10.2 Å². The molecular weight excluding hydrogens is 264 g/mol. The molecule has 2 rings (SSSR count). The molecule has 2 aromatic rings. The highest BCUT2D eigenvalue weighted by atomic mass is 16.3. The summed E-state index contributed by atoms with van der Waals surface area (Å²) < 4.78 is 5.39. The van der Waals surface area contributed by atoms with Crippen molar-refractivity contribution in [2.24, 2.45) is 5.92 Å². The van der Waals surface area contributed by atoms with Gasteiger partial charge in [-0.25, -0.2) is 0 Å². The smallest absolute Gasteiger partial charge is 0.151 e. The molecule has 2 aromatic heterocycles. The quantitative estimate of drug-likeness (QED) is 0.809. The van der Waals surface area contributed by atoms with Gasteiger partial charge in [0.2, 0.25) is 0 Å². The fourth-order valence-corrected chi connectivity index (χ4v) is 2.05. The van der Waals surface area contributed by atoms with E-state index in [1.807, 2.05) is 24.3 Å². The zero-order valence-electron chi connectivity index (χ0n) is 13.0. The summed E-state index contributed by atoms with van der Waals surface area (Å²) in [7, 11) is 0. The summed E-state index contributed by atoms with van der Waals surface area (Å²) in [6.07, 6.45) is 1.69. The van der Waals surface area contributed by atoms with E-state index in [4.69, 9.17) is 4.42 Å². The molecule has 0 aliphatic heterocycles. The minimum atomic E-state index is 0.640. The molecule has 114 valence electrons. The Labute approximate surface area is 126 Å². The predicted octanol–water partition coefficient (Wildman–Crippen LogP) is 2.84. The highest BCUT2D eigenvalue weighted by Gasteiger charge is 2.09. The summed E-state index contributed by atoms with van der Waals surface area (Å²) in [5.74, 6) is 2.45. The molecule has 0 fully saturated rings. The second-order valence-corrected chi connectivity index (χ2v) is 5.50. The topological polar surface area (TPSA) is 54.2 Å². The summed E-state index contributed by atoms with van der Waals surface area (Å²) >= 11 is 0. The van der Waals surface area contributed by atoms with Crippen molar-refractivity contribution in [3.63, 3.8) is 0 Å². The average molecular weight is 288 g/mol. The molecule has 5 nitrogen and oxygen atoms in total. The molecule has 0 spiro atoms. The molecule has 0 unspecified atom stereocenters. The van der Waals surface area contributed by atoms with Gasteiger partial charge in [0.25, 0.3) is 0 Å². The average Bonchev–Trinajstić information content (AvgIpc) is 2.98. The summed E-state index contributed by atoms with van der Waals surface area (Å²) in [5.41, 5.74) is 0.966. The van der Waals surface area contributed by atoms with Crippen LogP contribution in [0, 0.1) is 5.92 Å². The van der Waals surface area contributed by atoms with Crippen molar-refractivity contribution in [1.82, 2.24) is 15.5 Å². The molecule has 1 N–H and O–H groups in total. The first-order valence-electron chi connectivity index (χ1n) is 7.49. The molecule has 0 aromatic carbocycles. The maximum atomic E-state index is 5.39. The maximum Gasteiger partial charge on any atom is 0.151 e. The number of hydrogen-bond acceptors (Lipinski definition) is 5. The third-order valence-electron chi connectivity index (χ3n) is 3.20. The Morgan fingerprint density at radius 3 is 2.67 bits per heavy atom. The van der Waals surface area contributed by atoms with Gasteiger partial charge in [-0.2, -0.15) is 5.10 Å². The number of aromatic nitrogens is 2. The van der Waals surface area contributed by atoms with Gasteiger partial charge in [-0.15, -0.1) is 5.10 Å². The molecule has 5 heteroatoms. The number of rotatable bonds is 8. The summed E-state index contributed by atoms with van der Waals surface area (Å²) in [6.45, 7) is 9.80. The third-order valence-corrected chi connectivity index (χ3v) is 3.20. The summed E-state index contributed by atoms with van der Waals surface area (Å²) in [6, 6.07) is 7.92. The lowest BCUT2D eigenvalue weighted by molar-refractivity contribution is 0.502. The number of hydrogen-bond donors (Lipinski definition) is 1. The number of furan rings is 1. The first-order chi connectivity index (χ1) is 10.2. The van der Waals surface area contributed by atoms with Crippen molar-refractivity contribution in [2.45, 2.75) is 33.9 Å². The standard InChI is InChI=1S/C16H24N4O/c1-4-20(12-15-6-5-9-21-15)16-8-7-14(18-19-16)11-17-10-13(2)3/h5-9,13,17H,4,10-12H2,1-3H3. The van der Waals surface area contributed by atoms with E-state index in [2.05, 4.69) is 41.2 Å². The lowest BCUT2D eigenvalue weighted by atomic mass is 10.2. The van der Waals surface area contributed by atoms with Crippen LogP contribution >= 0.6 is 0 Å². The normalized spacial score (nSPS) is 11.0. The summed E-state index contributed by atoms with van der Waals surface area (Å²) in [4.78, 5) is 2.14. The van der Waals surface area contributed by atoms with E-state index in [1.165, 1.54) is 0 Å². The van der Waals surface area contributed by atoms with Crippen molar-refractivity contribution >= 4 is 5.82 Å². The highest BCUT2D eigenvalue weighted by molar-refractivity contribution is 5.37. The number of nitrogens with zero attached hydrogens (tertiary/aromatic N) is 3. The zero-order chi connectivity index (χ0) is 15.1. The van der Waals surface area contributed by atoms with Crippen LogP contribution in [-0.2, 0) is 13.1 Å². The van der Waals surface area contributed by atoms with E-state index >= 15 is 0 Å². The van der Waals surface area contributed by atoms with Crippen molar-refractivity contribution < 1.29 is 4.42 Å². The van der Waals surface area contributed by atoms with Crippen LogP contribution in [0.1, 0.15) is 32.2 Å². The monoisotopic (exact) mass is 288 g/mol. The lowest BCUT2D eigenvalue weighted by Crippen LogP contribution is -2.24. The van der Waals surface area contributed by atoms with E-state index in [-0.39, 0.29) is 0 Å². The number of anilines is 1. The molecule has 0 bridgehead atoms. The van der Waals surface area contributed by atoms with Crippen LogP contribution in [0.3, 0.4) is 0 Å². The molecular formula is C16H24N4O. The molecule has 0 radical (unpaired) electrons. The fourth-order valence-electron chi connectivity index (χ4n) is 2.05. The van der Waals surface area contributed by atoms with Gasteiger partial charge in [0, 0.05) is 13.1 Å². The van der Waals surface area contributed by atoms with Gasteiger partial charge in [0.15, 0.2) is 5.82 Å². The van der Waals surface area contributed by atoms with Crippen LogP contribution in [0.5, 0.6) is 0 Å². The zero-order valence-corrected chi connectivity index (χ0v) is 13.0. The van der Waals surface area contributed by atoms with Gasteiger partial charge in [0.05, 0.1) is 18.5 Å². The molecule has 0 aliphatic rings. The second kappa shape index (κ2) is 7.78. The molecule has 2 heterocycles. The largest absolute Gasteiger partial charge is 0.467 e. The SMILES string of the molecule is CCN(Cc1ccco1)c1ccc(CNCC(C)C)nn1. The molecule has 0 saturated carbocycles. The molecule has 0 saturated heterocycles. The van der Waals surface area contributed by atoms with E-state index < -0.39 is 0 Å².